The zero-order valence-corrected chi connectivity index (χ0v) is 6.65. The molecule has 0 fully saturated rings. The van der Waals surface area contributed by atoms with E-state index in [0.717, 1.165) is 12.1 Å². The van der Waals surface area contributed by atoms with Gasteiger partial charge in [-0.2, -0.15) is 13.2 Å². The number of aromatic hydroxyl groups is 1. The maximum Gasteiger partial charge on any atom is 0.417 e. The lowest BCUT2D eigenvalue weighted by Crippen LogP contribution is -2.09. The number of rotatable bonds is 1. The van der Waals surface area contributed by atoms with Gasteiger partial charge in [0.05, 0.1) is 11.1 Å². The van der Waals surface area contributed by atoms with Gasteiger partial charge in [-0.05, 0) is 12.1 Å². The Labute approximate surface area is 75.8 Å². The Morgan fingerprint density at radius 1 is 1.14 bits per heavy atom. The number of hydrogen-bond acceptors (Lipinski definition) is 1. The first kappa shape index (κ1) is 10.7. The average Bonchev–Trinajstić information content (AvgIpc) is 2.01. The molecule has 0 atom stereocenters. The van der Waals surface area contributed by atoms with Crippen molar-refractivity contribution in [3.63, 3.8) is 0 Å². The molecule has 1 aromatic rings. The van der Waals surface area contributed by atoms with Gasteiger partial charge in [0.2, 0.25) is 0 Å². The van der Waals surface area contributed by atoms with E-state index >= 15 is 0 Å². The van der Waals surface area contributed by atoms with Crippen molar-refractivity contribution >= 4 is 0 Å². The maximum absolute atomic E-state index is 12.2. The predicted octanol–water partition coefficient (Wildman–Crippen LogP) is 3.35. The van der Waals surface area contributed by atoms with E-state index in [2.05, 4.69) is 0 Å². The monoisotopic (exact) mass is 212 g/mol. The van der Waals surface area contributed by atoms with Gasteiger partial charge in [-0.25, -0.2) is 8.78 Å². The minimum Gasteiger partial charge on any atom is -0.507 e. The summed E-state index contributed by atoms with van der Waals surface area (Å²) in [5, 5.41) is 8.85. The highest BCUT2D eigenvalue weighted by atomic mass is 19.4. The van der Waals surface area contributed by atoms with Crippen molar-refractivity contribution in [2.24, 2.45) is 0 Å². The van der Waals surface area contributed by atoms with Crippen LogP contribution in [0.3, 0.4) is 0 Å². The van der Waals surface area contributed by atoms with Gasteiger partial charge in [0, 0.05) is 0 Å². The number of phenolic OH excluding ortho intramolecular Hbond substituents is 1. The van der Waals surface area contributed by atoms with Crippen LogP contribution in [-0.2, 0) is 6.18 Å². The SMILES string of the molecule is Oc1cccc(C(F)(F)F)c1C(F)F. The fraction of sp³-hybridized carbons (Fsp3) is 0.250. The Morgan fingerprint density at radius 3 is 2.07 bits per heavy atom. The maximum atomic E-state index is 12.2. The summed E-state index contributed by atoms with van der Waals surface area (Å²) in [4.78, 5) is 0. The summed E-state index contributed by atoms with van der Waals surface area (Å²) in [6.45, 7) is 0. The zero-order valence-electron chi connectivity index (χ0n) is 6.65. The largest absolute Gasteiger partial charge is 0.507 e. The summed E-state index contributed by atoms with van der Waals surface area (Å²) in [7, 11) is 0. The smallest absolute Gasteiger partial charge is 0.417 e. The molecule has 0 saturated carbocycles. The van der Waals surface area contributed by atoms with E-state index in [1.54, 1.807) is 0 Å². The van der Waals surface area contributed by atoms with Gasteiger partial charge >= 0.3 is 6.18 Å². The molecule has 1 rings (SSSR count). The first-order valence-electron chi connectivity index (χ1n) is 3.51. The third-order valence-electron chi connectivity index (χ3n) is 1.61. The van der Waals surface area contributed by atoms with E-state index in [1.165, 1.54) is 0 Å². The first-order chi connectivity index (χ1) is 6.34. The van der Waals surface area contributed by atoms with Crippen LogP contribution in [0.1, 0.15) is 17.6 Å². The molecule has 1 N–H and O–H groups in total. The van der Waals surface area contributed by atoms with Crippen LogP contribution in [0.2, 0.25) is 0 Å². The Bertz CT molecular complexity index is 331. The minimum atomic E-state index is -4.88. The van der Waals surface area contributed by atoms with Crippen molar-refractivity contribution in [2.45, 2.75) is 12.6 Å². The minimum absolute atomic E-state index is 0.501. The summed E-state index contributed by atoms with van der Waals surface area (Å²) < 4.78 is 60.8. The second-order valence-corrected chi connectivity index (χ2v) is 2.54. The molecule has 78 valence electrons. The van der Waals surface area contributed by atoms with Crippen LogP contribution in [0.25, 0.3) is 0 Å². The molecule has 14 heavy (non-hydrogen) atoms. The molecule has 0 amide bonds. The molecular formula is C8H5F5O. The molecule has 0 spiro atoms. The number of alkyl halides is 5. The molecule has 0 aliphatic rings. The third-order valence-corrected chi connectivity index (χ3v) is 1.61. The molecule has 0 heterocycles. The fourth-order valence-corrected chi connectivity index (χ4v) is 1.03. The lowest BCUT2D eigenvalue weighted by Gasteiger charge is -2.12. The second-order valence-electron chi connectivity index (χ2n) is 2.54. The molecular weight excluding hydrogens is 207 g/mol. The summed E-state index contributed by atoms with van der Waals surface area (Å²) >= 11 is 0. The standard InChI is InChI=1S/C8H5F5O/c9-7(10)6-4(8(11,12)13)2-1-3-5(6)14/h1-3,7,14H. The summed E-state index contributed by atoms with van der Waals surface area (Å²) in [6, 6.07) is 2.15. The zero-order chi connectivity index (χ0) is 10.9. The van der Waals surface area contributed by atoms with E-state index in [1.807, 2.05) is 0 Å². The Balaban J connectivity index is 3.36. The quantitative estimate of drug-likeness (QED) is 0.707. The van der Waals surface area contributed by atoms with Crippen molar-refractivity contribution < 1.29 is 27.1 Å². The van der Waals surface area contributed by atoms with Crippen LogP contribution in [0.4, 0.5) is 22.0 Å². The van der Waals surface area contributed by atoms with Crippen LogP contribution in [0.5, 0.6) is 5.75 Å². The van der Waals surface area contributed by atoms with Crippen LogP contribution in [0, 0.1) is 0 Å². The molecule has 0 aliphatic heterocycles. The van der Waals surface area contributed by atoms with E-state index in [0.29, 0.717) is 6.07 Å². The Hall–Kier alpha value is -1.33. The number of phenols is 1. The molecule has 0 bridgehead atoms. The van der Waals surface area contributed by atoms with Crippen molar-refractivity contribution in [2.75, 3.05) is 0 Å². The van der Waals surface area contributed by atoms with E-state index in [-0.39, 0.29) is 0 Å². The molecule has 0 unspecified atom stereocenters. The lowest BCUT2D eigenvalue weighted by molar-refractivity contribution is -0.139. The fourth-order valence-electron chi connectivity index (χ4n) is 1.03. The van der Waals surface area contributed by atoms with Gasteiger partial charge < -0.3 is 5.11 Å². The van der Waals surface area contributed by atoms with Gasteiger partial charge in [0.15, 0.2) is 0 Å². The van der Waals surface area contributed by atoms with Crippen molar-refractivity contribution in [3.8, 4) is 5.75 Å². The Kier molecular flexibility index (Phi) is 2.64. The topological polar surface area (TPSA) is 20.2 Å². The normalized spacial score (nSPS) is 12.1. The highest BCUT2D eigenvalue weighted by Crippen LogP contribution is 2.40. The van der Waals surface area contributed by atoms with Gasteiger partial charge in [0.25, 0.3) is 6.43 Å². The molecule has 0 saturated heterocycles. The van der Waals surface area contributed by atoms with Crippen LogP contribution in [-0.4, -0.2) is 5.11 Å². The highest BCUT2D eigenvalue weighted by molar-refractivity contribution is 5.41. The van der Waals surface area contributed by atoms with Crippen LogP contribution < -0.4 is 0 Å². The van der Waals surface area contributed by atoms with E-state index < -0.39 is 29.5 Å². The van der Waals surface area contributed by atoms with Gasteiger partial charge in [-0.1, -0.05) is 6.07 Å². The summed E-state index contributed by atoms with van der Waals surface area (Å²) in [5.41, 5.74) is -2.88. The first-order valence-corrected chi connectivity index (χ1v) is 3.51. The van der Waals surface area contributed by atoms with E-state index in [9.17, 15) is 22.0 Å². The molecule has 1 nitrogen and oxygen atoms in total. The number of halogens is 5. The van der Waals surface area contributed by atoms with Crippen LogP contribution in [0.15, 0.2) is 18.2 Å². The molecule has 1 aromatic carbocycles. The average molecular weight is 212 g/mol. The molecule has 0 aliphatic carbocycles. The number of hydrogen-bond donors (Lipinski definition) is 1. The van der Waals surface area contributed by atoms with Crippen molar-refractivity contribution in [1.29, 1.82) is 0 Å². The summed E-state index contributed by atoms with van der Waals surface area (Å²) in [6.07, 6.45) is -8.24. The van der Waals surface area contributed by atoms with Gasteiger partial charge in [0.1, 0.15) is 5.75 Å². The highest BCUT2D eigenvalue weighted by Gasteiger charge is 2.36. The second kappa shape index (κ2) is 3.43. The molecule has 6 heteroatoms. The third kappa shape index (κ3) is 1.94. The van der Waals surface area contributed by atoms with Gasteiger partial charge in [-0.3, -0.25) is 0 Å². The number of benzene rings is 1. The Morgan fingerprint density at radius 2 is 1.71 bits per heavy atom. The molecule has 0 radical (unpaired) electrons. The molecule has 0 aromatic heterocycles. The van der Waals surface area contributed by atoms with Crippen LogP contribution >= 0.6 is 0 Å². The lowest BCUT2D eigenvalue weighted by atomic mass is 10.1. The van der Waals surface area contributed by atoms with E-state index in [4.69, 9.17) is 5.11 Å². The summed E-state index contributed by atoms with van der Waals surface area (Å²) in [5.74, 6) is -1.05. The predicted molar refractivity (Wildman–Crippen MR) is 38.1 cm³/mol. The van der Waals surface area contributed by atoms with Crippen molar-refractivity contribution in [3.05, 3.63) is 29.3 Å². The van der Waals surface area contributed by atoms with Crippen molar-refractivity contribution in [1.82, 2.24) is 0 Å². The van der Waals surface area contributed by atoms with Gasteiger partial charge in [-0.15, -0.1) is 0 Å².